The molecule has 6 heteroatoms. The maximum Gasteiger partial charge on any atom is 0.261 e. The zero-order valence-electron chi connectivity index (χ0n) is 14.0. The van der Waals surface area contributed by atoms with Gasteiger partial charge in [0.2, 0.25) is 0 Å². The van der Waals surface area contributed by atoms with Gasteiger partial charge in [0, 0.05) is 29.5 Å². The van der Waals surface area contributed by atoms with Crippen LogP contribution in [-0.4, -0.2) is 19.2 Å². The van der Waals surface area contributed by atoms with Crippen molar-refractivity contribution >= 4 is 28.2 Å². The summed E-state index contributed by atoms with van der Waals surface area (Å²) in [5.41, 5.74) is 4.43. The molecule has 25 heavy (non-hydrogen) atoms. The van der Waals surface area contributed by atoms with Crippen LogP contribution in [0.25, 0.3) is 27.7 Å². The molecule has 0 fully saturated rings. The second-order valence-electron chi connectivity index (χ2n) is 5.88. The molecule has 0 atom stereocenters. The molecule has 0 aliphatic heterocycles. The molecular weight excluding hydrogens is 336 g/mol. The first-order valence-electron chi connectivity index (χ1n) is 8.29. The van der Waals surface area contributed by atoms with Gasteiger partial charge in [-0.2, -0.15) is 5.10 Å². The van der Waals surface area contributed by atoms with E-state index >= 15 is 0 Å². The van der Waals surface area contributed by atoms with Gasteiger partial charge in [0.1, 0.15) is 0 Å². The van der Waals surface area contributed by atoms with Gasteiger partial charge in [-0.3, -0.25) is 4.79 Å². The number of pyridine rings is 1. The van der Waals surface area contributed by atoms with Crippen molar-refractivity contribution in [1.82, 2.24) is 19.2 Å². The lowest BCUT2D eigenvalue weighted by Crippen LogP contribution is -2.19. The van der Waals surface area contributed by atoms with Crippen LogP contribution in [0.5, 0.6) is 0 Å². The molecule has 0 saturated heterocycles. The molecule has 3 aromatic heterocycles. The van der Waals surface area contributed by atoms with Crippen LogP contribution in [0.4, 0.5) is 0 Å². The number of hydrogen-bond acceptors (Lipinski definition) is 3. The second-order valence-corrected chi connectivity index (χ2v) is 6.32. The largest absolute Gasteiger partial charge is 0.315 e. The van der Waals surface area contributed by atoms with Gasteiger partial charge in [-0.15, -0.1) is 0 Å². The third-order valence-electron chi connectivity index (χ3n) is 4.47. The van der Waals surface area contributed by atoms with Crippen molar-refractivity contribution in [2.75, 3.05) is 0 Å². The van der Waals surface area contributed by atoms with Crippen LogP contribution >= 0.6 is 11.6 Å². The van der Waals surface area contributed by atoms with E-state index in [1.807, 2.05) is 37.3 Å². The molecule has 4 aromatic rings. The third-order valence-corrected chi connectivity index (χ3v) is 4.72. The molecule has 0 radical (unpaired) electrons. The fraction of sp³-hybridized carbons (Fsp3) is 0.211. The van der Waals surface area contributed by atoms with E-state index in [-0.39, 0.29) is 5.56 Å². The molecule has 0 bridgehead atoms. The number of benzene rings is 1. The lowest BCUT2D eigenvalue weighted by Gasteiger charge is -2.06. The van der Waals surface area contributed by atoms with Gasteiger partial charge in [0.05, 0.1) is 16.6 Å². The summed E-state index contributed by atoms with van der Waals surface area (Å²) >= 11 is 6.02. The molecule has 126 valence electrons. The zero-order valence-corrected chi connectivity index (χ0v) is 14.8. The topological polar surface area (TPSA) is 52.2 Å². The maximum absolute atomic E-state index is 12.5. The van der Waals surface area contributed by atoms with Crippen molar-refractivity contribution < 1.29 is 0 Å². The normalized spacial score (nSPS) is 11.5. The van der Waals surface area contributed by atoms with Gasteiger partial charge in [-0.05, 0) is 37.1 Å². The highest BCUT2D eigenvalue weighted by atomic mass is 35.5. The Hall–Kier alpha value is -2.66. The smallest absolute Gasteiger partial charge is 0.261 e. The molecule has 0 amide bonds. The quantitative estimate of drug-likeness (QED) is 0.561. The minimum atomic E-state index is -0.0454. The minimum Gasteiger partial charge on any atom is -0.315 e. The van der Waals surface area contributed by atoms with Gasteiger partial charge >= 0.3 is 0 Å². The van der Waals surface area contributed by atoms with Crippen LogP contribution in [-0.2, 0) is 13.0 Å². The van der Waals surface area contributed by atoms with E-state index in [1.165, 1.54) is 0 Å². The monoisotopic (exact) mass is 352 g/mol. The van der Waals surface area contributed by atoms with Gasteiger partial charge < -0.3 is 4.57 Å². The first kappa shape index (κ1) is 15.8. The summed E-state index contributed by atoms with van der Waals surface area (Å²) in [4.78, 5) is 17.1. The highest BCUT2D eigenvalue weighted by molar-refractivity contribution is 6.30. The summed E-state index contributed by atoms with van der Waals surface area (Å²) < 4.78 is 3.44. The number of hydrogen-bond donors (Lipinski definition) is 0. The Labute approximate surface area is 149 Å². The SMILES string of the molecule is CCc1nn2c(ncc3c(=O)n(CC)ccc32)c1-c1ccc(Cl)cc1. The van der Waals surface area contributed by atoms with Gasteiger partial charge in [-0.25, -0.2) is 9.50 Å². The van der Waals surface area contributed by atoms with E-state index in [0.717, 1.165) is 34.4 Å². The molecule has 5 nitrogen and oxygen atoms in total. The highest BCUT2D eigenvalue weighted by Crippen LogP contribution is 2.30. The summed E-state index contributed by atoms with van der Waals surface area (Å²) in [6, 6.07) is 9.59. The third kappa shape index (κ3) is 2.43. The van der Waals surface area contributed by atoms with Crippen LogP contribution in [0.15, 0.2) is 47.5 Å². The predicted molar refractivity (Wildman–Crippen MR) is 100 cm³/mol. The van der Waals surface area contributed by atoms with E-state index in [1.54, 1.807) is 21.5 Å². The molecule has 1 aromatic carbocycles. The van der Waals surface area contributed by atoms with Gasteiger partial charge in [0.15, 0.2) is 5.65 Å². The van der Waals surface area contributed by atoms with E-state index in [4.69, 9.17) is 16.7 Å². The fourth-order valence-electron chi connectivity index (χ4n) is 3.16. The van der Waals surface area contributed by atoms with Crippen molar-refractivity contribution in [2.45, 2.75) is 26.8 Å². The Balaban J connectivity index is 2.08. The van der Waals surface area contributed by atoms with E-state index in [0.29, 0.717) is 17.0 Å². The molecule has 0 saturated carbocycles. The number of fused-ring (bicyclic) bond motifs is 3. The standard InChI is InChI=1S/C19H17ClN4O/c1-3-15-17(12-5-7-13(20)8-6-12)18-21-11-14-16(24(18)22-15)9-10-23(4-2)19(14)25/h5-11H,3-4H2,1-2H3. The minimum absolute atomic E-state index is 0.0454. The second kappa shape index (κ2) is 6.01. The van der Waals surface area contributed by atoms with Gasteiger partial charge in [-0.1, -0.05) is 30.7 Å². The number of aromatic nitrogens is 4. The number of rotatable bonds is 3. The van der Waals surface area contributed by atoms with Crippen LogP contribution < -0.4 is 5.56 Å². The van der Waals surface area contributed by atoms with Crippen molar-refractivity contribution in [3.63, 3.8) is 0 Å². The summed E-state index contributed by atoms with van der Waals surface area (Å²) in [6.07, 6.45) is 4.23. The molecular formula is C19H17ClN4O. The Morgan fingerprint density at radius 1 is 1.12 bits per heavy atom. The molecule has 0 N–H and O–H groups in total. The van der Waals surface area contributed by atoms with Crippen molar-refractivity contribution in [3.8, 4) is 11.1 Å². The molecule has 0 spiro atoms. The lowest BCUT2D eigenvalue weighted by atomic mass is 10.0. The van der Waals surface area contributed by atoms with E-state index in [9.17, 15) is 4.79 Å². The summed E-state index contributed by atoms with van der Waals surface area (Å²) in [5, 5.41) is 5.99. The zero-order chi connectivity index (χ0) is 17.6. The van der Waals surface area contributed by atoms with Crippen molar-refractivity contribution in [3.05, 3.63) is 63.8 Å². The Kier molecular flexibility index (Phi) is 3.81. The Morgan fingerprint density at radius 3 is 2.56 bits per heavy atom. The Bertz CT molecular complexity index is 1140. The first-order chi connectivity index (χ1) is 12.1. The van der Waals surface area contributed by atoms with Crippen LogP contribution in [0.3, 0.4) is 0 Å². The lowest BCUT2D eigenvalue weighted by molar-refractivity contribution is 0.732. The maximum atomic E-state index is 12.5. The Morgan fingerprint density at radius 2 is 1.88 bits per heavy atom. The predicted octanol–water partition coefficient (Wildman–Crippen LogP) is 3.95. The molecule has 0 aliphatic carbocycles. The van der Waals surface area contributed by atoms with Crippen LogP contribution in [0.2, 0.25) is 5.02 Å². The highest BCUT2D eigenvalue weighted by Gasteiger charge is 2.17. The molecule has 4 rings (SSSR count). The summed E-state index contributed by atoms with van der Waals surface area (Å²) in [6.45, 7) is 4.64. The van der Waals surface area contributed by atoms with Crippen molar-refractivity contribution in [1.29, 1.82) is 0 Å². The van der Waals surface area contributed by atoms with Crippen LogP contribution in [0, 0.1) is 0 Å². The summed E-state index contributed by atoms with van der Waals surface area (Å²) in [7, 11) is 0. The molecule has 0 aliphatic rings. The number of halogens is 1. The van der Waals surface area contributed by atoms with Crippen molar-refractivity contribution in [2.24, 2.45) is 0 Å². The average Bonchev–Trinajstić information content (AvgIpc) is 3.02. The molecule has 3 heterocycles. The molecule has 0 unspecified atom stereocenters. The van der Waals surface area contributed by atoms with E-state index in [2.05, 4.69) is 11.9 Å². The number of aryl methyl sites for hydroxylation is 2. The number of nitrogens with zero attached hydrogens (tertiary/aromatic N) is 4. The fourth-order valence-corrected chi connectivity index (χ4v) is 3.29. The van der Waals surface area contributed by atoms with Crippen LogP contribution in [0.1, 0.15) is 19.5 Å². The average molecular weight is 353 g/mol. The van der Waals surface area contributed by atoms with E-state index < -0.39 is 0 Å². The first-order valence-corrected chi connectivity index (χ1v) is 8.67. The summed E-state index contributed by atoms with van der Waals surface area (Å²) in [5.74, 6) is 0. The van der Waals surface area contributed by atoms with Gasteiger partial charge in [0.25, 0.3) is 5.56 Å².